The molecular weight excluding hydrogens is 541 g/mol. The van der Waals surface area contributed by atoms with Gasteiger partial charge in [0.2, 0.25) is 5.91 Å². The number of pyridine rings is 2. The molecule has 3 N–H and O–H groups in total. The summed E-state index contributed by atoms with van der Waals surface area (Å²) in [5, 5.41) is 10.5. The Bertz CT molecular complexity index is 1970. The highest BCUT2D eigenvalue weighted by Crippen LogP contribution is 2.36. The highest BCUT2D eigenvalue weighted by molar-refractivity contribution is 7.17. The number of Topliss-reactive ketones (excluding diaryl/α,β-unsaturated/α-hetero) is 1. The van der Waals surface area contributed by atoms with Gasteiger partial charge >= 0.3 is 0 Å². The molecule has 1 amide bonds. The summed E-state index contributed by atoms with van der Waals surface area (Å²) in [6.45, 7) is 1.53. The number of hydrogen-bond donors (Lipinski definition) is 3. The van der Waals surface area contributed by atoms with E-state index in [2.05, 4.69) is 30.5 Å². The molecule has 0 atom stereocenters. The first-order valence-corrected chi connectivity index (χ1v) is 14.2. The van der Waals surface area contributed by atoms with Crippen LogP contribution in [0.25, 0.3) is 55.2 Å². The number of aromatic nitrogens is 6. The molecular formula is C30H24FN7O2S. The standard InChI is InChI=1S/C30H24FN7O2S/c1-15(39)22-8-9-23(41-22)27-26-21(10-11-33-27)35-29(36-26)28-24-20(37-38-28)7-6-19(25(24)31)17-12-18(14-32-13-17)34-30(40)16-4-2-3-5-16/h6-14,16H,2-5H2,1H3,(H,34,40)(H,35,36)(H,37,38). The minimum atomic E-state index is -0.476. The number of hydrogen-bond acceptors (Lipinski definition) is 7. The average Bonchev–Trinajstić information content (AvgIpc) is 3.78. The molecule has 5 heterocycles. The van der Waals surface area contributed by atoms with Crippen molar-refractivity contribution in [2.45, 2.75) is 32.6 Å². The Hall–Kier alpha value is -4.77. The van der Waals surface area contributed by atoms with E-state index in [4.69, 9.17) is 4.98 Å². The van der Waals surface area contributed by atoms with Gasteiger partial charge in [-0.25, -0.2) is 9.37 Å². The van der Waals surface area contributed by atoms with Crippen LogP contribution in [0.1, 0.15) is 42.3 Å². The van der Waals surface area contributed by atoms with Gasteiger partial charge < -0.3 is 10.3 Å². The summed E-state index contributed by atoms with van der Waals surface area (Å²) in [5.41, 5.74) is 4.19. The zero-order chi connectivity index (χ0) is 28.1. The van der Waals surface area contributed by atoms with Crippen LogP contribution in [0.15, 0.2) is 55.0 Å². The molecule has 1 aromatic carbocycles. The lowest BCUT2D eigenvalue weighted by Crippen LogP contribution is -2.20. The number of H-pyrrole nitrogens is 2. The molecule has 1 aliphatic rings. The van der Waals surface area contributed by atoms with Crippen LogP contribution in [0.4, 0.5) is 10.1 Å². The summed E-state index contributed by atoms with van der Waals surface area (Å²) in [4.78, 5) is 42.7. The third-order valence-electron chi connectivity index (χ3n) is 7.52. The first kappa shape index (κ1) is 25.2. The van der Waals surface area contributed by atoms with Crippen molar-refractivity contribution in [3.05, 3.63) is 65.7 Å². The highest BCUT2D eigenvalue weighted by Gasteiger charge is 2.24. The SMILES string of the molecule is CC(=O)c1ccc(-c2nccc3[nH]c(-c4n[nH]c5ccc(-c6cncc(NC(=O)C7CCCC7)c6)c(F)c45)nc23)s1. The predicted molar refractivity (Wildman–Crippen MR) is 156 cm³/mol. The Morgan fingerprint density at radius 3 is 2.71 bits per heavy atom. The van der Waals surface area contributed by atoms with Crippen molar-refractivity contribution in [1.82, 2.24) is 30.1 Å². The summed E-state index contributed by atoms with van der Waals surface area (Å²) in [5.74, 6) is -0.113. The Morgan fingerprint density at radius 1 is 1.05 bits per heavy atom. The van der Waals surface area contributed by atoms with Crippen molar-refractivity contribution in [2.24, 2.45) is 5.92 Å². The van der Waals surface area contributed by atoms with Crippen LogP contribution >= 0.6 is 11.3 Å². The Morgan fingerprint density at radius 2 is 1.90 bits per heavy atom. The number of aromatic amines is 2. The third kappa shape index (κ3) is 4.48. The van der Waals surface area contributed by atoms with E-state index >= 15 is 4.39 Å². The minimum Gasteiger partial charge on any atom is -0.336 e. The Kier molecular flexibility index (Phi) is 6.15. The Labute approximate surface area is 237 Å². The fraction of sp³-hybridized carbons (Fsp3) is 0.200. The maximum absolute atomic E-state index is 16.2. The molecule has 0 saturated heterocycles. The van der Waals surface area contributed by atoms with Gasteiger partial charge in [0, 0.05) is 29.4 Å². The zero-order valence-corrected chi connectivity index (χ0v) is 22.8. The Balaban J connectivity index is 1.27. The molecule has 1 saturated carbocycles. The molecule has 7 rings (SSSR count). The maximum Gasteiger partial charge on any atom is 0.227 e. The topological polar surface area (TPSA) is 129 Å². The first-order chi connectivity index (χ1) is 20.0. The van der Waals surface area contributed by atoms with Gasteiger partial charge in [0.25, 0.3) is 0 Å². The molecule has 0 spiro atoms. The normalized spacial score (nSPS) is 13.8. The molecule has 0 radical (unpaired) electrons. The fourth-order valence-electron chi connectivity index (χ4n) is 5.44. The second kappa shape index (κ2) is 10.0. The number of thiophene rings is 1. The van der Waals surface area contributed by atoms with Crippen molar-refractivity contribution < 1.29 is 14.0 Å². The molecule has 6 aromatic rings. The monoisotopic (exact) mass is 565 g/mol. The third-order valence-corrected chi connectivity index (χ3v) is 8.71. The van der Waals surface area contributed by atoms with Gasteiger partial charge in [-0.15, -0.1) is 11.3 Å². The molecule has 204 valence electrons. The van der Waals surface area contributed by atoms with Gasteiger partial charge in [-0.05, 0) is 56.2 Å². The van der Waals surface area contributed by atoms with Crippen molar-refractivity contribution >= 4 is 50.7 Å². The quantitative estimate of drug-likeness (QED) is 0.191. The van der Waals surface area contributed by atoms with E-state index in [1.807, 2.05) is 6.07 Å². The number of ketones is 1. The summed E-state index contributed by atoms with van der Waals surface area (Å²) in [6.07, 6.45) is 8.71. The average molecular weight is 566 g/mol. The number of halogens is 1. The number of carbonyl (C=O) groups excluding carboxylic acids is 2. The highest BCUT2D eigenvalue weighted by atomic mass is 32.1. The molecule has 1 fully saturated rings. The van der Waals surface area contributed by atoms with Crippen LogP contribution < -0.4 is 5.32 Å². The van der Waals surface area contributed by atoms with E-state index in [0.29, 0.717) is 55.5 Å². The number of nitrogens with one attached hydrogen (secondary N) is 3. The van der Waals surface area contributed by atoms with Crippen LogP contribution in [0.3, 0.4) is 0 Å². The number of fused-ring (bicyclic) bond motifs is 2. The van der Waals surface area contributed by atoms with Crippen molar-refractivity contribution in [3.8, 4) is 33.2 Å². The van der Waals surface area contributed by atoms with E-state index in [1.54, 1.807) is 48.9 Å². The molecule has 1 aliphatic carbocycles. The van der Waals surface area contributed by atoms with Crippen molar-refractivity contribution in [1.29, 1.82) is 0 Å². The lowest BCUT2D eigenvalue weighted by atomic mass is 10.0. The molecule has 0 aliphatic heterocycles. The summed E-state index contributed by atoms with van der Waals surface area (Å²) < 4.78 is 16.2. The van der Waals surface area contributed by atoms with Crippen LogP contribution in [0, 0.1) is 11.7 Å². The van der Waals surface area contributed by atoms with E-state index in [1.165, 1.54) is 18.3 Å². The smallest absolute Gasteiger partial charge is 0.227 e. The van der Waals surface area contributed by atoms with Crippen LogP contribution in [-0.2, 0) is 4.79 Å². The fourth-order valence-corrected chi connectivity index (χ4v) is 6.34. The van der Waals surface area contributed by atoms with E-state index in [9.17, 15) is 9.59 Å². The number of amides is 1. The molecule has 11 heteroatoms. The van der Waals surface area contributed by atoms with E-state index < -0.39 is 5.82 Å². The predicted octanol–water partition coefficient (Wildman–Crippen LogP) is 6.76. The number of rotatable bonds is 6. The van der Waals surface area contributed by atoms with Gasteiger partial charge in [-0.2, -0.15) is 5.10 Å². The summed E-state index contributed by atoms with van der Waals surface area (Å²) >= 11 is 1.35. The molecule has 0 bridgehead atoms. The van der Waals surface area contributed by atoms with E-state index in [-0.39, 0.29) is 23.0 Å². The lowest BCUT2D eigenvalue weighted by Gasteiger charge is -2.11. The van der Waals surface area contributed by atoms with Gasteiger partial charge in [-0.3, -0.25) is 24.7 Å². The number of anilines is 1. The lowest BCUT2D eigenvalue weighted by molar-refractivity contribution is -0.119. The molecule has 41 heavy (non-hydrogen) atoms. The zero-order valence-electron chi connectivity index (χ0n) is 22.0. The largest absolute Gasteiger partial charge is 0.336 e. The second-order valence-electron chi connectivity index (χ2n) is 10.2. The number of nitrogens with zero attached hydrogens (tertiary/aromatic N) is 4. The summed E-state index contributed by atoms with van der Waals surface area (Å²) in [6, 6.07) is 10.6. The first-order valence-electron chi connectivity index (χ1n) is 13.4. The second-order valence-corrected chi connectivity index (χ2v) is 11.3. The van der Waals surface area contributed by atoms with Gasteiger partial charge in [0.05, 0.1) is 38.1 Å². The number of carbonyl (C=O) groups is 2. The van der Waals surface area contributed by atoms with Crippen molar-refractivity contribution in [2.75, 3.05) is 5.32 Å². The number of imidazole rings is 1. The molecule has 9 nitrogen and oxygen atoms in total. The van der Waals surface area contributed by atoms with Crippen LogP contribution in [0.5, 0.6) is 0 Å². The van der Waals surface area contributed by atoms with Crippen LogP contribution in [-0.4, -0.2) is 41.8 Å². The van der Waals surface area contributed by atoms with Gasteiger partial charge in [-0.1, -0.05) is 12.8 Å². The van der Waals surface area contributed by atoms with E-state index in [0.717, 1.165) is 30.6 Å². The minimum absolute atomic E-state index is 0.00996. The molecule has 0 unspecified atom stereocenters. The van der Waals surface area contributed by atoms with Gasteiger partial charge in [0.1, 0.15) is 22.7 Å². The number of benzene rings is 1. The maximum atomic E-state index is 16.2. The molecule has 5 aromatic heterocycles. The van der Waals surface area contributed by atoms with Crippen LogP contribution in [0.2, 0.25) is 0 Å². The summed E-state index contributed by atoms with van der Waals surface area (Å²) in [7, 11) is 0. The van der Waals surface area contributed by atoms with Gasteiger partial charge in [0.15, 0.2) is 11.6 Å². The van der Waals surface area contributed by atoms with Crippen molar-refractivity contribution in [3.63, 3.8) is 0 Å².